The fraction of sp³-hybridized carbons (Fsp3) is 0.548. The minimum atomic E-state index is -0.554. The molecule has 0 aliphatic carbocycles. The quantitative estimate of drug-likeness (QED) is 0.447. The average Bonchev–Trinajstić information content (AvgIpc) is 3.32. The Bertz CT molecular complexity index is 1530. The fourth-order valence-electron chi connectivity index (χ4n) is 5.96. The number of carbonyl (C=O) groups is 2. The zero-order chi connectivity index (χ0) is 30.2. The lowest BCUT2D eigenvalue weighted by atomic mass is 9.85. The van der Waals surface area contributed by atoms with Gasteiger partial charge in [0.25, 0.3) is 11.5 Å². The molecular formula is C31H42N6O5. The minimum Gasteiger partial charge on any atom is -0.444 e. The number of morpholine rings is 1. The number of nitrogens with zero attached hydrogens (tertiary/aromatic N) is 4. The highest BCUT2D eigenvalue weighted by molar-refractivity contribution is 5.97. The van der Waals surface area contributed by atoms with Crippen molar-refractivity contribution in [2.75, 3.05) is 38.1 Å². The number of pyridine rings is 1. The van der Waals surface area contributed by atoms with E-state index in [9.17, 15) is 14.4 Å². The molecule has 2 fully saturated rings. The molecule has 11 nitrogen and oxygen atoms in total. The third-order valence-corrected chi connectivity index (χ3v) is 8.30. The summed E-state index contributed by atoms with van der Waals surface area (Å²) in [6.07, 6.45) is 3.50. The van der Waals surface area contributed by atoms with Gasteiger partial charge in [-0.15, -0.1) is 0 Å². The summed E-state index contributed by atoms with van der Waals surface area (Å²) >= 11 is 0. The van der Waals surface area contributed by atoms with E-state index in [-0.39, 0.29) is 29.2 Å². The molecule has 0 unspecified atom stereocenters. The van der Waals surface area contributed by atoms with Crippen molar-refractivity contribution >= 4 is 34.4 Å². The fourth-order valence-corrected chi connectivity index (χ4v) is 5.96. The first-order valence-electron chi connectivity index (χ1n) is 14.8. The molecular weight excluding hydrogens is 536 g/mol. The Labute approximate surface area is 246 Å². The number of piperidine rings is 1. The summed E-state index contributed by atoms with van der Waals surface area (Å²) in [5, 5.41) is 8.80. The van der Waals surface area contributed by atoms with Crippen LogP contribution in [0.5, 0.6) is 0 Å². The van der Waals surface area contributed by atoms with Crippen LogP contribution in [-0.4, -0.2) is 81.1 Å². The number of ether oxygens (including phenoxy) is 2. The van der Waals surface area contributed by atoms with Gasteiger partial charge in [-0.25, -0.2) is 4.79 Å². The number of nitrogens with one attached hydrogen (secondary N) is 2. The molecule has 2 aliphatic rings. The molecule has 5 rings (SSSR count). The van der Waals surface area contributed by atoms with E-state index in [2.05, 4.69) is 17.2 Å². The van der Waals surface area contributed by atoms with Gasteiger partial charge in [0.2, 0.25) is 0 Å². The summed E-state index contributed by atoms with van der Waals surface area (Å²) in [5.74, 6) is 0.442. The number of carbonyl (C=O) groups excluding carboxylic acids is 2. The van der Waals surface area contributed by atoms with Crippen LogP contribution in [0.15, 0.2) is 35.3 Å². The second-order valence-electron chi connectivity index (χ2n) is 12.5. The van der Waals surface area contributed by atoms with Crippen LogP contribution in [0.4, 0.5) is 16.3 Å². The lowest BCUT2D eigenvalue weighted by molar-refractivity contribution is -0.0124. The van der Waals surface area contributed by atoms with Gasteiger partial charge in [-0.05, 0) is 83.7 Å². The smallest absolute Gasteiger partial charge is 0.410 e. The number of anilines is 2. The van der Waals surface area contributed by atoms with Crippen molar-refractivity contribution in [3.8, 4) is 0 Å². The van der Waals surface area contributed by atoms with Gasteiger partial charge in [0, 0.05) is 43.6 Å². The predicted molar refractivity (Wildman–Crippen MR) is 161 cm³/mol. The maximum Gasteiger partial charge on any atom is 0.410 e. The van der Waals surface area contributed by atoms with Crippen LogP contribution >= 0.6 is 0 Å². The van der Waals surface area contributed by atoms with E-state index < -0.39 is 5.60 Å². The summed E-state index contributed by atoms with van der Waals surface area (Å²) in [7, 11) is 0. The highest BCUT2D eigenvalue weighted by atomic mass is 16.6. The van der Waals surface area contributed by atoms with Gasteiger partial charge < -0.3 is 29.6 Å². The van der Waals surface area contributed by atoms with Gasteiger partial charge in [-0.1, -0.05) is 6.92 Å². The number of hydrogen-bond donors (Lipinski definition) is 2. The van der Waals surface area contributed by atoms with Gasteiger partial charge in [-0.2, -0.15) is 5.10 Å². The Morgan fingerprint density at radius 3 is 2.55 bits per heavy atom. The van der Waals surface area contributed by atoms with Crippen LogP contribution in [0, 0.1) is 6.92 Å². The Hall–Kier alpha value is -3.86. The van der Waals surface area contributed by atoms with Gasteiger partial charge in [0.15, 0.2) is 5.82 Å². The molecule has 11 heteroatoms. The number of benzene rings is 1. The number of fused-ring (bicyclic) bond motifs is 1. The summed E-state index contributed by atoms with van der Waals surface area (Å²) in [6, 6.07) is 7.46. The van der Waals surface area contributed by atoms with Crippen molar-refractivity contribution in [1.29, 1.82) is 0 Å². The number of amides is 2. The van der Waals surface area contributed by atoms with Gasteiger partial charge >= 0.3 is 6.09 Å². The van der Waals surface area contributed by atoms with Crippen LogP contribution in [0.3, 0.4) is 0 Å². The first kappa shape index (κ1) is 29.6. The van der Waals surface area contributed by atoms with E-state index in [1.807, 2.05) is 68.5 Å². The van der Waals surface area contributed by atoms with Crippen molar-refractivity contribution in [1.82, 2.24) is 24.6 Å². The highest BCUT2D eigenvalue weighted by Gasteiger charge is 2.39. The molecule has 0 radical (unpaired) electrons. The molecule has 0 spiro atoms. The Morgan fingerprint density at radius 1 is 1.17 bits per heavy atom. The number of likely N-dealkylation sites (tertiary alicyclic amines) is 1. The van der Waals surface area contributed by atoms with Crippen molar-refractivity contribution in [3.63, 3.8) is 0 Å². The molecule has 42 heavy (non-hydrogen) atoms. The highest BCUT2D eigenvalue weighted by Crippen LogP contribution is 2.38. The molecule has 2 amide bonds. The number of aromatic nitrogens is 3. The van der Waals surface area contributed by atoms with Crippen LogP contribution in [0.25, 0.3) is 10.9 Å². The third kappa shape index (κ3) is 5.88. The molecule has 2 N–H and O–H groups in total. The second kappa shape index (κ2) is 11.4. The molecule has 4 heterocycles. The standard InChI is InChI=1S/C31H42N6O5/c1-7-31(11-14-35(15-12-31)29(40)42-30(4,5)6)37-24-10-13-32-27(38)25(24)26(34-37)33-22-8-9-23(20(2)18-22)28(39)36-16-17-41-21(3)19-36/h8-10,13,18,21H,7,11-12,14-17,19H2,1-6H3,(H,32,38)(H,33,34)/t21-/m0/s1. The van der Waals surface area contributed by atoms with E-state index in [1.165, 1.54) is 0 Å². The summed E-state index contributed by atoms with van der Waals surface area (Å²) in [5.41, 5.74) is 1.79. The van der Waals surface area contributed by atoms with Crippen molar-refractivity contribution in [3.05, 3.63) is 51.9 Å². The number of aromatic amines is 1. The maximum absolute atomic E-state index is 13.2. The number of H-pyrrole nitrogens is 1. The molecule has 1 aromatic carbocycles. The molecule has 1 atom stereocenters. The van der Waals surface area contributed by atoms with E-state index in [4.69, 9.17) is 14.6 Å². The Kier molecular flexibility index (Phi) is 8.06. The third-order valence-electron chi connectivity index (χ3n) is 8.30. The van der Waals surface area contributed by atoms with Crippen LogP contribution < -0.4 is 10.9 Å². The Balaban J connectivity index is 1.41. The summed E-state index contributed by atoms with van der Waals surface area (Å²) in [6.45, 7) is 14.3. The van der Waals surface area contributed by atoms with E-state index in [0.717, 1.165) is 23.2 Å². The lowest BCUT2D eigenvalue weighted by Crippen LogP contribution is -2.49. The maximum atomic E-state index is 13.2. The molecule has 0 bridgehead atoms. The van der Waals surface area contributed by atoms with Gasteiger partial charge in [-0.3, -0.25) is 14.3 Å². The van der Waals surface area contributed by atoms with E-state index in [1.54, 1.807) is 11.1 Å². The minimum absolute atomic E-state index is 0.0111. The second-order valence-corrected chi connectivity index (χ2v) is 12.5. The van der Waals surface area contributed by atoms with E-state index in [0.29, 0.717) is 62.4 Å². The zero-order valence-corrected chi connectivity index (χ0v) is 25.5. The lowest BCUT2D eigenvalue weighted by Gasteiger charge is -2.42. The number of rotatable bonds is 5. The average molecular weight is 579 g/mol. The predicted octanol–water partition coefficient (Wildman–Crippen LogP) is 4.77. The van der Waals surface area contributed by atoms with Gasteiger partial charge in [0.1, 0.15) is 11.0 Å². The van der Waals surface area contributed by atoms with Crippen LogP contribution in [0.2, 0.25) is 0 Å². The molecule has 2 saturated heterocycles. The molecule has 0 saturated carbocycles. The van der Waals surface area contributed by atoms with Crippen molar-refractivity contribution in [2.24, 2.45) is 0 Å². The molecule has 3 aromatic rings. The number of aryl methyl sites for hydroxylation is 1. The zero-order valence-electron chi connectivity index (χ0n) is 25.5. The van der Waals surface area contributed by atoms with Crippen molar-refractivity contribution < 1.29 is 19.1 Å². The molecule has 226 valence electrons. The normalized spacial score (nSPS) is 19.1. The summed E-state index contributed by atoms with van der Waals surface area (Å²) in [4.78, 5) is 45.4. The largest absolute Gasteiger partial charge is 0.444 e. The summed E-state index contributed by atoms with van der Waals surface area (Å²) < 4.78 is 13.1. The SMILES string of the molecule is CCC1(n2nc(Nc3ccc(C(=O)N4CCO[C@@H](C)C4)c(C)c3)c3c(=O)[nH]ccc32)CCN(C(=O)OC(C)(C)C)CC1. The van der Waals surface area contributed by atoms with Gasteiger partial charge in [0.05, 0.1) is 23.8 Å². The monoisotopic (exact) mass is 578 g/mol. The van der Waals surface area contributed by atoms with Crippen LogP contribution in [0.1, 0.15) is 69.8 Å². The number of hydrogen-bond acceptors (Lipinski definition) is 7. The van der Waals surface area contributed by atoms with Crippen molar-refractivity contribution in [2.45, 2.75) is 78.0 Å². The Morgan fingerprint density at radius 2 is 1.90 bits per heavy atom. The first-order valence-corrected chi connectivity index (χ1v) is 14.8. The molecule has 2 aromatic heterocycles. The molecule has 2 aliphatic heterocycles. The topological polar surface area (TPSA) is 122 Å². The van der Waals surface area contributed by atoms with E-state index >= 15 is 0 Å². The van der Waals surface area contributed by atoms with Crippen LogP contribution in [-0.2, 0) is 15.0 Å². The first-order chi connectivity index (χ1) is 19.9.